The van der Waals surface area contributed by atoms with Crippen molar-refractivity contribution in [1.82, 2.24) is 4.98 Å². The van der Waals surface area contributed by atoms with Crippen LogP contribution < -0.4 is 5.32 Å². The Hall–Kier alpha value is -1.30. The fourth-order valence-corrected chi connectivity index (χ4v) is 1.64. The van der Waals surface area contributed by atoms with Crippen molar-refractivity contribution in [1.29, 1.82) is 0 Å². The van der Waals surface area contributed by atoms with Crippen molar-refractivity contribution < 1.29 is 17.9 Å². The largest absolute Gasteiger partial charge is 0.376 e. The van der Waals surface area contributed by atoms with Gasteiger partial charge in [-0.15, -0.1) is 0 Å². The molecule has 0 bridgehead atoms. The Balaban J connectivity index is 2.18. The molecule has 88 valence electrons. The number of hydrogen-bond donors (Lipinski definition) is 1. The van der Waals surface area contributed by atoms with E-state index in [1.54, 1.807) is 0 Å². The monoisotopic (exact) mass is 232 g/mol. The second-order valence-electron chi connectivity index (χ2n) is 3.71. The topological polar surface area (TPSA) is 34.1 Å². The second-order valence-corrected chi connectivity index (χ2v) is 3.71. The molecule has 16 heavy (non-hydrogen) atoms. The molecule has 3 nitrogen and oxygen atoms in total. The quantitative estimate of drug-likeness (QED) is 0.793. The number of nitrogens with zero attached hydrogens (tertiary/aromatic N) is 1. The van der Waals surface area contributed by atoms with Gasteiger partial charge in [0.05, 0.1) is 12.1 Å². The molecule has 0 saturated carbocycles. The van der Waals surface area contributed by atoms with Crippen LogP contribution in [-0.4, -0.2) is 23.7 Å². The van der Waals surface area contributed by atoms with Crippen molar-refractivity contribution in [2.24, 2.45) is 0 Å². The molecule has 1 fully saturated rings. The van der Waals surface area contributed by atoms with E-state index in [0.29, 0.717) is 19.1 Å². The Kier molecular flexibility index (Phi) is 3.00. The van der Waals surface area contributed by atoms with Crippen molar-refractivity contribution in [2.45, 2.75) is 25.5 Å². The van der Waals surface area contributed by atoms with Gasteiger partial charge in [0, 0.05) is 12.7 Å². The first-order valence-corrected chi connectivity index (χ1v) is 4.97. The van der Waals surface area contributed by atoms with Gasteiger partial charge in [-0.25, -0.2) is 8.78 Å². The van der Waals surface area contributed by atoms with Gasteiger partial charge in [-0.2, -0.15) is 9.37 Å². The van der Waals surface area contributed by atoms with Gasteiger partial charge in [-0.3, -0.25) is 0 Å². The zero-order valence-corrected chi connectivity index (χ0v) is 8.64. The third-order valence-corrected chi connectivity index (χ3v) is 2.59. The maximum Gasteiger partial charge on any atom is 0.251 e. The van der Waals surface area contributed by atoms with E-state index in [-0.39, 0.29) is 18.0 Å². The molecule has 1 aliphatic rings. The van der Waals surface area contributed by atoms with Gasteiger partial charge in [0.1, 0.15) is 0 Å². The SMILES string of the molecule is CC1OCCC1Nc1nc(F)c(F)cc1F. The number of hydrogen-bond acceptors (Lipinski definition) is 3. The lowest BCUT2D eigenvalue weighted by atomic mass is 10.1. The molecular weight excluding hydrogens is 221 g/mol. The molecule has 0 spiro atoms. The van der Waals surface area contributed by atoms with Crippen LogP contribution in [-0.2, 0) is 4.74 Å². The first-order valence-electron chi connectivity index (χ1n) is 4.97. The van der Waals surface area contributed by atoms with Crippen molar-refractivity contribution in [3.05, 3.63) is 23.6 Å². The summed E-state index contributed by atoms with van der Waals surface area (Å²) in [4.78, 5) is 3.19. The van der Waals surface area contributed by atoms with Gasteiger partial charge in [-0.05, 0) is 13.3 Å². The van der Waals surface area contributed by atoms with Crippen LogP contribution in [0, 0.1) is 17.6 Å². The number of nitrogens with one attached hydrogen (secondary N) is 1. The molecule has 0 amide bonds. The minimum atomic E-state index is -1.31. The van der Waals surface area contributed by atoms with Crippen molar-refractivity contribution in [3.63, 3.8) is 0 Å². The predicted molar refractivity (Wildman–Crippen MR) is 51.6 cm³/mol. The summed E-state index contributed by atoms with van der Waals surface area (Å²) >= 11 is 0. The number of aromatic nitrogens is 1. The summed E-state index contributed by atoms with van der Waals surface area (Å²) < 4.78 is 43.9. The van der Waals surface area contributed by atoms with Gasteiger partial charge >= 0.3 is 0 Å². The van der Waals surface area contributed by atoms with E-state index in [4.69, 9.17) is 4.74 Å². The fourth-order valence-electron chi connectivity index (χ4n) is 1.64. The van der Waals surface area contributed by atoms with Gasteiger partial charge in [0.25, 0.3) is 5.95 Å². The summed E-state index contributed by atoms with van der Waals surface area (Å²) in [5, 5.41) is 2.71. The molecule has 1 saturated heterocycles. The Labute approximate surface area is 90.6 Å². The molecule has 2 atom stereocenters. The van der Waals surface area contributed by atoms with Crippen molar-refractivity contribution >= 4 is 5.82 Å². The maximum absolute atomic E-state index is 13.2. The Morgan fingerprint density at radius 1 is 1.38 bits per heavy atom. The molecule has 1 N–H and O–H groups in total. The van der Waals surface area contributed by atoms with E-state index >= 15 is 0 Å². The van der Waals surface area contributed by atoms with E-state index in [0.717, 1.165) is 0 Å². The van der Waals surface area contributed by atoms with Crippen molar-refractivity contribution in [3.8, 4) is 0 Å². The zero-order valence-electron chi connectivity index (χ0n) is 8.64. The highest BCUT2D eigenvalue weighted by Gasteiger charge is 2.25. The normalized spacial score (nSPS) is 24.8. The van der Waals surface area contributed by atoms with Crippen LogP contribution in [0.4, 0.5) is 19.0 Å². The Bertz CT molecular complexity index is 400. The third kappa shape index (κ3) is 2.11. The molecule has 0 aromatic carbocycles. The summed E-state index contributed by atoms with van der Waals surface area (Å²) in [6, 6.07) is 0.345. The molecule has 0 radical (unpaired) electrons. The first kappa shape index (κ1) is 11.2. The average Bonchev–Trinajstić information content (AvgIpc) is 2.61. The smallest absolute Gasteiger partial charge is 0.251 e. The fraction of sp³-hybridized carbons (Fsp3) is 0.500. The molecule has 1 aliphatic heterocycles. The average molecular weight is 232 g/mol. The molecule has 2 unspecified atom stereocenters. The lowest BCUT2D eigenvalue weighted by Gasteiger charge is -2.16. The summed E-state index contributed by atoms with van der Waals surface area (Å²) in [5.74, 6) is -3.78. The van der Waals surface area contributed by atoms with Crippen LogP contribution in [0.1, 0.15) is 13.3 Å². The number of anilines is 1. The van der Waals surface area contributed by atoms with E-state index in [1.165, 1.54) is 0 Å². The summed E-state index contributed by atoms with van der Waals surface area (Å²) in [7, 11) is 0. The number of rotatable bonds is 2. The van der Waals surface area contributed by atoms with Crippen molar-refractivity contribution in [2.75, 3.05) is 11.9 Å². The lowest BCUT2D eigenvalue weighted by Crippen LogP contribution is -2.27. The van der Waals surface area contributed by atoms with Crippen LogP contribution in [0.2, 0.25) is 0 Å². The highest BCUT2D eigenvalue weighted by molar-refractivity contribution is 5.37. The predicted octanol–water partition coefficient (Wildman–Crippen LogP) is 2.09. The maximum atomic E-state index is 13.2. The first-order chi connectivity index (χ1) is 7.58. The minimum absolute atomic E-state index is 0.102. The van der Waals surface area contributed by atoms with E-state index in [9.17, 15) is 13.2 Å². The van der Waals surface area contributed by atoms with E-state index < -0.39 is 17.6 Å². The number of ether oxygens (including phenoxy) is 1. The minimum Gasteiger partial charge on any atom is -0.376 e. The van der Waals surface area contributed by atoms with Crippen LogP contribution >= 0.6 is 0 Å². The van der Waals surface area contributed by atoms with Crippen LogP contribution in [0.5, 0.6) is 0 Å². The third-order valence-electron chi connectivity index (χ3n) is 2.59. The number of halogens is 3. The zero-order chi connectivity index (χ0) is 11.7. The Morgan fingerprint density at radius 2 is 2.12 bits per heavy atom. The van der Waals surface area contributed by atoms with E-state index in [2.05, 4.69) is 10.3 Å². The van der Waals surface area contributed by atoms with Gasteiger partial charge in [0.2, 0.25) is 0 Å². The molecule has 2 rings (SSSR count). The highest BCUT2D eigenvalue weighted by Crippen LogP contribution is 2.20. The number of pyridine rings is 1. The lowest BCUT2D eigenvalue weighted by molar-refractivity contribution is 0.121. The van der Waals surface area contributed by atoms with Gasteiger partial charge in [0.15, 0.2) is 17.5 Å². The molecule has 1 aromatic rings. The molecule has 1 aromatic heterocycles. The highest BCUT2D eigenvalue weighted by atomic mass is 19.2. The van der Waals surface area contributed by atoms with Crippen LogP contribution in [0.25, 0.3) is 0 Å². The molecule has 2 heterocycles. The molecule has 0 aliphatic carbocycles. The van der Waals surface area contributed by atoms with Crippen LogP contribution in [0.3, 0.4) is 0 Å². The standard InChI is InChI=1S/C10H11F3N2O/c1-5-8(2-3-16-5)14-10-7(12)4-6(11)9(13)15-10/h4-5,8H,2-3H2,1H3,(H,14,15). The summed E-state index contributed by atoms with van der Waals surface area (Å²) in [6.07, 6.45) is 0.579. The second kappa shape index (κ2) is 4.29. The van der Waals surface area contributed by atoms with Gasteiger partial charge in [-0.1, -0.05) is 0 Å². The Morgan fingerprint density at radius 3 is 2.75 bits per heavy atom. The van der Waals surface area contributed by atoms with Gasteiger partial charge < -0.3 is 10.1 Å². The van der Waals surface area contributed by atoms with Crippen LogP contribution in [0.15, 0.2) is 6.07 Å². The summed E-state index contributed by atoms with van der Waals surface area (Å²) in [5.41, 5.74) is 0. The molecule has 6 heteroatoms. The van der Waals surface area contributed by atoms with E-state index in [1.807, 2.05) is 6.92 Å². The summed E-state index contributed by atoms with van der Waals surface area (Å²) in [6.45, 7) is 2.38. The molecular formula is C10H11F3N2O.